The van der Waals surface area contributed by atoms with Gasteiger partial charge in [0.1, 0.15) is 0 Å². The standard InChI is InChI=1S/C19H26N2O2/c1-3-20-11-10-14(12-20)13-21(4-2)19(23)17-7-5-6-16-15(17)8-9-18(16)22/h5-7,14H,3-4,8-13H2,1-2H3. The van der Waals surface area contributed by atoms with Crippen LogP contribution in [0.2, 0.25) is 0 Å². The minimum Gasteiger partial charge on any atom is -0.339 e. The molecule has 1 amide bonds. The molecule has 1 aromatic carbocycles. The lowest BCUT2D eigenvalue weighted by atomic mass is 10.0. The largest absolute Gasteiger partial charge is 0.339 e. The van der Waals surface area contributed by atoms with Crippen molar-refractivity contribution in [1.29, 1.82) is 0 Å². The van der Waals surface area contributed by atoms with Crippen LogP contribution in [0.5, 0.6) is 0 Å². The number of Topliss-reactive ketones (excluding diaryl/α,β-unsaturated/α-hetero) is 1. The molecule has 0 radical (unpaired) electrons. The van der Waals surface area contributed by atoms with Crippen LogP contribution in [0.1, 0.15) is 53.0 Å². The van der Waals surface area contributed by atoms with Crippen LogP contribution < -0.4 is 0 Å². The molecule has 3 rings (SSSR count). The molecule has 0 spiro atoms. The number of likely N-dealkylation sites (tertiary alicyclic amines) is 1. The van der Waals surface area contributed by atoms with Crippen LogP contribution in [-0.4, -0.2) is 54.2 Å². The highest BCUT2D eigenvalue weighted by Crippen LogP contribution is 2.27. The minimum atomic E-state index is 0.0917. The van der Waals surface area contributed by atoms with Gasteiger partial charge in [0.05, 0.1) is 0 Å². The minimum absolute atomic E-state index is 0.0917. The van der Waals surface area contributed by atoms with Crippen molar-refractivity contribution < 1.29 is 9.59 Å². The first-order valence-corrected chi connectivity index (χ1v) is 8.80. The lowest BCUT2D eigenvalue weighted by molar-refractivity contribution is 0.0738. The number of carbonyl (C=O) groups excluding carboxylic acids is 2. The molecule has 1 aliphatic heterocycles. The van der Waals surface area contributed by atoms with E-state index in [9.17, 15) is 9.59 Å². The Morgan fingerprint density at radius 3 is 2.83 bits per heavy atom. The Morgan fingerprint density at radius 2 is 2.13 bits per heavy atom. The Balaban J connectivity index is 1.75. The molecular formula is C19H26N2O2. The molecule has 124 valence electrons. The summed E-state index contributed by atoms with van der Waals surface area (Å²) < 4.78 is 0. The smallest absolute Gasteiger partial charge is 0.254 e. The van der Waals surface area contributed by atoms with Crippen LogP contribution in [0.3, 0.4) is 0 Å². The van der Waals surface area contributed by atoms with Crippen LogP contribution in [0.15, 0.2) is 18.2 Å². The highest BCUT2D eigenvalue weighted by atomic mass is 16.2. The number of fused-ring (bicyclic) bond motifs is 1. The fourth-order valence-corrected chi connectivity index (χ4v) is 3.88. The van der Waals surface area contributed by atoms with E-state index in [1.54, 1.807) is 0 Å². The van der Waals surface area contributed by atoms with Gasteiger partial charge in [-0.25, -0.2) is 0 Å². The molecule has 23 heavy (non-hydrogen) atoms. The van der Waals surface area contributed by atoms with Crippen molar-refractivity contribution in [1.82, 2.24) is 9.80 Å². The van der Waals surface area contributed by atoms with E-state index >= 15 is 0 Å². The molecule has 1 aliphatic carbocycles. The van der Waals surface area contributed by atoms with Crippen molar-refractivity contribution in [2.24, 2.45) is 5.92 Å². The maximum Gasteiger partial charge on any atom is 0.254 e. The number of amides is 1. The van der Waals surface area contributed by atoms with Crippen molar-refractivity contribution >= 4 is 11.7 Å². The molecule has 1 fully saturated rings. The summed E-state index contributed by atoms with van der Waals surface area (Å²) in [6.45, 7) is 9.09. The second-order valence-electron chi connectivity index (χ2n) is 6.65. The number of nitrogens with zero attached hydrogens (tertiary/aromatic N) is 2. The fraction of sp³-hybridized carbons (Fsp3) is 0.579. The van der Waals surface area contributed by atoms with Gasteiger partial charge in [0.2, 0.25) is 0 Å². The van der Waals surface area contributed by atoms with E-state index < -0.39 is 0 Å². The molecule has 0 aromatic heterocycles. The molecule has 4 nitrogen and oxygen atoms in total. The van der Waals surface area contributed by atoms with Gasteiger partial charge in [0.25, 0.3) is 5.91 Å². The Bertz CT molecular complexity index is 611. The van der Waals surface area contributed by atoms with Gasteiger partial charge in [-0.05, 0) is 50.4 Å². The third-order valence-corrected chi connectivity index (χ3v) is 5.27. The van der Waals surface area contributed by atoms with Gasteiger partial charge in [-0.15, -0.1) is 0 Å². The van der Waals surface area contributed by atoms with Crippen molar-refractivity contribution in [3.05, 3.63) is 34.9 Å². The predicted octanol–water partition coefficient (Wildman–Crippen LogP) is 2.62. The summed E-state index contributed by atoms with van der Waals surface area (Å²) in [5, 5.41) is 0. The summed E-state index contributed by atoms with van der Waals surface area (Å²) in [4.78, 5) is 29.3. The van der Waals surface area contributed by atoms with E-state index in [4.69, 9.17) is 0 Å². The normalized spacial score (nSPS) is 20.8. The van der Waals surface area contributed by atoms with E-state index in [1.165, 1.54) is 6.42 Å². The molecule has 0 bridgehead atoms. The van der Waals surface area contributed by atoms with Gasteiger partial charge in [0.15, 0.2) is 5.78 Å². The maximum absolute atomic E-state index is 13.0. The summed E-state index contributed by atoms with van der Waals surface area (Å²) >= 11 is 0. The van der Waals surface area contributed by atoms with E-state index in [0.717, 1.165) is 49.4 Å². The molecule has 4 heteroatoms. The molecule has 0 saturated carbocycles. The van der Waals surface area contributed by atoms with Crippen molar-refractivity contribution in [2.45, 2.75) is 33.1 Å². The predicted molar refractivity (Wildman–Crippen MR) is 90.9 cm³/mol. The monoisotopic (exact) mass is 314 g/mol. The van der Waals surface area contributed by atoms with Crippen LogP contribution in [0, 0.1) is 5.92 Å². The molecule has 1 atom stereocenters. The van der Waals surface area contributed by atoms with E-state index in [1.807, 2.05) is 30.0 Å². The van der Waals surface area contributed by atoms with Gasteiger partial charge >= 0.3 is 0 Å². The molecule has 1 heterocycles. The summed E-state index contributed by atoms with van der Waals surface area (Å²) in [7, 11) is 0. The zero-order valence-corrected chi connectivity index (χ0v) is 14.2. The first-order valence-electron chi connectivity index (χ1n) is 8.80. The van der Waals surface area contributed by atoms with Gasteiger partial charge in [-0.1, -0.05) is 19.1 Å². The van der Waals surface area contributed by atoms with E-state index in [0.29, 0.717) is 18.8 Å². The number of carbonyl (C=O) groups is 2. The summed E-state index contributed by atoms with van der Waals surface area (Å²) in [5.41, 5.74) is 2.45. The van der Waals surface area contributed by atoms with Gasteiger partial charge in [0, 0.05) is 37.2 Å². The summed E-state index contributed by atoms with van der Waals surface area (Å²) in [6.07, 6.45) is 2.42. The van der Waals surface area contributed by atoms with Gasteiger partial charge in [-0.3, -0.25) is 9.59 Å². The Hall–Kier alpha value is -1.68. The first-order chi connectivity index (χ1) is 11.1. The summed E-state index contributed by atoms with van der Waals surface area (Å²) in [6, 6.07) is 5.58. The number of benzene rings is 1. The highest BCUT2D eigenvalue weighted by molar-refractivity contribution is 6.05. The fourth-order valence-electron chi connectivity index (χ4n) is 3.88. The molecular weight excluding hydrogens is 288 g/mol. The number of hydrogen-bond acceptors (Lipinski definition) is 3. The topological polar surface area (TPSA) is 40.6 Å². The Kier molecular flexibility index (Phi) is 4.81. The number of rotatable bonds is 5. The van der Waals surface area contributed by atoms with Gasteiger partial charge < -0.3 is 9.80 Å². The first kappa shape index (κ1) is 16.2. The zero-order valence-electron chi connectivity index (χ0n) is 14.2. The van der Waals surface area contributed by atoms with Crippen molar-refractivity contribution in [2.75, 3.05) is 32.7 Å². The lowest BCUT2D eigenvalue weighted by Gasteiger charge is -2.25. The van der Waals surface area contributed by atoms with Crippen molar-refractivity contribution in [3.63, 3.8) is 0 Å². The Morgan fingerprint density at radius 1 is 1.30 bits per heavy atom. The Labute approximate surface area is 138 Å². The third-order valence-electron chi connectivity index (χ3n) is 5.27. The summed E-state index contributed by atoms with van der Waals surface area (Å²) in [5.74, 6) is 0.832. The number of hydrogen-bond donors (Lipinski definition) is 0. The third kappa shape index (κ3) is 3.18. The van der Waals surface area contributed by atoms with Crippen molar-refractivity contribution in [3.8, 4) is 0 Å². The molecule has 2 aliphatic rings. The molecule has 1 saturated heterocycles. The zero-order chi connectivity index (χ0) is 16.4. The second kappa shape index (κ2) is 6.83. The van der Waals surface area contributed by atoms with E-state index in [-0.39, 0.29) is 11.7 Å². The molecule has 1 aromatic rings. The lowest BCUT2D eigenvalue weighted by Crippen LogP contribution is -2.36. The quantitative estimate of drug-likeness (QED) is 0.839. The second-order valence-corrected chi connectivity index (χ2v) is 6.65. The highest BCUT2D eigenvalue weighted by Gasteiger charge is 2.29. The van der Waals surface area contributed by atoms with E-state index in [2.05, 4.69) is 11.8 Å². The average Bonchev–Trinajstić information content (AvgIpc) is 3.18. The molecule has 0 N–H and O–H groups in total. The van der Waals surface area contributed by atoms with Gasteiger partial charge in [-0.2, -0.15) is 0 Å². The van der Waals surface area contributed by atoms with Crippen LogP contribution in [-0.2, 0) is 6.42 Å². The van der Waals surface area contributed by atoms with Crippen LogP contribution >= 0.6 is 0 Å². The average molecular weight is 314 g/mol. The maximum atomic E-state index is 13.0. The SMILES string of the molecule is CCN1CCC(CN(CC)C(=O)c2cccc3c2CCC3=O)C1. The number of ketones is 1. The molecule has 1 unspecified atom stereocenters. The van der Waals surface area contributed by atoms with Crippen LogP contribution in [0.25, 0.3) is 0 Å². The van der Waals surface area contributed by atoms with Crippen LogP contribution in [0.4, 0.5) is 0 Å².